The second-order valence-electron chi connectivity index (χ2n) is 3.57. The van der Waals surface area contributed by atoms with Crippen molar-refractivity contribution >= 4 is 0 Å². The van der Waals surface area contributed by atoms with Gasteiger partial charge in [0.25, 0.3) is 0 Å². The second kappa shape index (κ2) is 4.42. The van der Waals surface area contributed by atoms with Crippen molar-refractivity contribution in [2.24, 2.45) is 0 Å². The Hall–Kier alpha value is -1.08. The van der Waals surface area contributed by atoms with Crippen LogP contribution in [-0.4, -0.2) is 36.4 Å². The van der Waals surface area contributed by atoms with Gasteiger partial charge in [-0.15, -0.1) is 0 Å². The van der Waals surface area contributed by atoms with Gasteiger partial charge in [-0.25, -0.2) is 0 Å². The predicted molar refractivity (Wildman–Crippen MR) is 47.6 cm³/mol. The van der Waals surface area contributed by atoms with Crippen LogP contribution in [-0.2, 0) is 17.5 Å². The van der Waals surface area contributed by atoms with Crippen LogP contribution in [0.4, 0.5) is 13.2 Å². The first-order valence-electron chi connectivity index (χ1n) is 4.88. The maximum absolute atomic E-state index is 12.2. The van der Waals surface area contributed by atoms with Crippen LogP contribution in [0.5, 0.6) is 0 Å². The molecule has 1 saturated heterocycles. The highest BCUT2D eigenvalue weighted by Gasteiger charge is 2.36. The number of aromatic nitrogens is 1. The van der Waals surface area contributed by atoms with E-state index in [1.165, 1.54) is 0 Å². The van der Waals surface area contributed by atoms with Crippen LogP contribution in [0.15, 0.2) is 10.6 Å². The fraction of sp³-hybridized carbons (Fsp3) is 0.667. The summed E-state index contributed by atoms with van der Waals surface area (Å²) in [6, 6.07) is 0.940. The van der Waals surface area contributed by atoms with Crippen molar-refractivity contribution in [1.82, 2.24) is 10.1 Å². The van der Waals surface area contributed by atoms with E-state index in [-0.39, 0.29) is 0 Å². The molecular formula is C9H11F3N2O2. The van der Waals surface area contributed by atoms with Gasteiger partial charge in [0, 0.05) is 25.7 Å². The van der Waals surface area contributed by atoms with Crippen molar-refractivity contribution in [3.63, 3.8) is 0 Å². The van der Waals surface area contributed by atoms with E-state index < -0.39 is 11.9 Å². The smallest absolute Gasteiger partial charge is 0.379 e. The van der Waals surface area contributed by atoms with Crippen LogP contribution in [0.1, 0.15) is 11.5 Å². The van der Waals surface area contributed by atoms with E-state index in [0.717, 1.165) is 6.07 Å². The number of ether oxygens (including phenoxy) is 1. The number of hydrogen-bond donors (Lipinski definition) is 0. The molecule has 1 aromatic rings. The zero-order valence-electron chi connectivity index (χ0n) is 8.46. The monoisotopic (exact) mass is 236 g/mol. The molecule has 0 radical (unpaired) electrons. The van der Waals surface area contributed by atoms with Crippen LogP contribution < -0.4 is 0 Å². The van der Waals surface area contributed by atoms with Crippen molar-refractivity contribution in [3.8, 4) is 0 Å². The summed E-state index contributed by atoms with van der Waals surface area (Å²) in [5, 5.41) is 3.40. The van der Waals surface area contributed by atoms with Gasteiger partial charge in [-0.3, -0.25) is 4.90 Å². The van der Waals surface area contributed by atoms with Gasteiger partial charge >= 0.3 is 6.18 Å². The molecule has 0 aromatic carbocycles. The lowest BCUT2D eigenvalue weighted by Crippen LogP contribution is -2.35. The van der Waals surface area contributed by atoms with Gasteiger partial charge in [-0.1, -0.05) is 5.16 Å². The zero-order valence-corrected chi connectivity index (χ0v) is 8.46. The fourth-order valence-electron chi connectivity index (χ4n) is 1.51. The standard InChI is InChI=1S/C9H11F3N2O2/c10-9(11,12)8-5-7(13-16-8)6-14-1-3-15-4-2-14/h5H,1-4,6H2. The fourth-order valence-corrected chi connectivity index (χ4v) is 1.51. The van der Waals surface area contributed by atoms with Crippen molar-refractivity contribution in [3.05, 3.63) is 17.5 Å². The van der Waals surface area contributed by atoms with Crippen molar-refractivity contribution < 1.29 is 22.4 Å². The summed E-state index contributed by atoms with van der Waals surface area (Å²) < 4.78 is 46.0. The van der Waals surface area contributed by atoms with Crippen LogP contribution in [0.2, 0.25) is 0 Å². The third-order valence-electron chi connectivity index (χ3n) is 2.33. The van der Waals surface area contributed by atoms with Crippen molar-refractivity contribution in [2.75, 3.05) is 26.3 Å². The van der Waals surface area contributed by atoms with Gasteiger partial charge < -0.3 is 9.26 Å². The molecule has 1 aliphatic heterocycles. The molecule has 0 saturated carbocycles. The van der Waals surface area contributed by atoms with E-state index in [2.05, 4.69) is 9.68 Å². The molecule has 1 fully saturated rings. The number of rotatable bonds is 2. The van der Waals surface area contributed by atoms with Gasteiger partial charge in [0.05, 0.1) is 18.9 Å². The molecule has 4 nitrogen and oxygen atoms in total. The summed E-state index contributed by atoms with van der Waals surface area (Å²) in [5.74, 6) is -1.05. The van der Waals surface area contributed by atoms with E-state index in [1.807, 2.05) is 4.90 Å². The van der Waals surface area contributed by atoms with Crippen LogP contribution in [0.25, 0.3) is 0 Å². The Kier molecular flexibility index (Phi) is 3.15. The number of alkyl halides is 3. The summed E-state index contributed by atoms with van der Waals surface area (Å²) in [6.45, 7) is 2.97. The first-order chi connectivity index (χ1) is 7.55. The number of hydrogen-bond acceptors (Lipinski definition) is 4. The summed E-state index contributed by atoms with van der Waals surface area (Å²) in [4.78, 5) is 1.97. The average molecular weight is 236 g/mol. The summed E-state index contributed by atoms with van der Waals surface area (Å²) >= 11 is 0. The maximum Gasteiger partial charge on any atom is 0.452 e. The number of halogens is 3. The number of morpholine rings is 1. The first kappa shape index (κ1) is 11.4. The Morgan fingerprint density at radius 2 is 2.00 bits per heavy atom. The molecule has 1 aliphatic rings. The van der Waals surface area contributed by atoms with Crippen molar-refractivity contribution in [1.29, 1.82) is 0 Å². The number of nitrogens with zero attached hydrogens (tertiary/aromatic N) is 2. The normalized spacial score (nSPS) is 18.9. The van der Waals surface area contributed by atoms with Crippen LogP contribution in [0.3, 0.4) is 0 Å². The molecular weight excluding hydrogens is 225 g/mol. The Morgan fingerprint density at radius 1 is 1.31 bits per heavy atom. The topological polar surface area (TPSA) is 38.5 Å². The third-order valence-corrected chi connectivity index (χ3v) is 2.33. The van der Waals surface area contributed by atoms with Crippen LogP contribution in [0, 0.1) is 0 Å². The third kappa shape index (κ3) is 2.73. The lowest BCUT2D eigenvalue weighted by atomic mass is 10.3. The molecule has 0 amide bonds. The molecule has 0 unspecified atom stereocenters. The van der Waals surface area contributed by atoms with E-state index in [9.17, 15) is 13.2 Å². The SMILES string of the molecule is FC(F)(F)c1cc(CN2CCOCC2)no1. The minimum absolute atomic E-state index is 0.300. The zero-order chi connectivity index (χ0) is 11.6. The predicted octanol–water partition coefficient (Wildman–Crippen LogP) is 1.53. The molecule has 2 rings (SSSR count). The average Bonchev–Trinajstić information content (AvgIpc) is 2.67. The Labute approximate surface area is 90.0 Å². The molecule has 2 heterocycles. The second-order valence-corrected chi connectivity index (χ2v) is 3.57. The lowest BCUT2D eigenvalue weighted by molar-refractivity contribution is -0.155. The first-order valence-corrected chi connectivity index (χ1v) is 4.88. The van der Waals surface area contributed by atoms with Gasteiger partial charge in [-0.05, 0) is 0 Å². The van der Waals surface area contributed by atoms with E-state index in [0.29, 0.717) is 38.5 Å². The quantitative estimate of drug-likeness (QED) is 0.780. The maximum atomic E-state index is 12.2. The van der Waals surface area contributed by atoms with Gasteiger partial charge in [0.2, 0.25) is 5.76 Å². The molecule has 1 aromatic heterocycles. The molecule has 16 heavy (non-hydrogen) atoms. The van der Waals surface area contributed by atoms with Gasteiger partial charge in [-0.2, -0.15) is 13.2 Å². The Morgan fingerprint density at radius 3 is 2.56 bits per heavy atom. The van der Waals surface area contributed by atoms with E-state index in [1.54, 1.807) is 0 Å². The molecule has 7 heteroatoms. The Balaban J connectivity index is 1.97. The summed E-state index contributed by atoms with van der Waals surface area (Å²) in [5.41, 5.74) is 0.300. The van der Waals surface area contributed by atoms with E-state index in [4.69, 9.17) is 4.74 Å². The van der Waals surface area contributed by atoms with E-state index >= 15 is 0 Å². The highest BCUT2D eigenvalue weighted by molar-refractivity contribution is 5.08. The molecule has 90 valence electrons. The summed E-state index contributed by atoms with van der Waals surface area (Å²) in [6.07, 6.45) is -4.46. The summed E-state index contributed by atoms with van der Waals surface area (Å²) in [7, 11) is 0. The molecule has 0 spiro atoms. The molecule has 0 N–H and O–H groups in total. The molecule has 0 aliphatic carbocycles. The highest BCUT2D eigenvalue weighted by Crippen LogP contribution is 2.29. The van der Waals surface area contributed by atoms with Crippen LogP contribution >= 0.6 is 0 Å². The Bertz CT molecular complexity index is 345. The lowest BCUT2D eigenvalue weighted by Gasteiger charge is -2.25. The minimum Gasteiger partial charge on any atom is -0.379 e. The highest BCUT2D eigenvalue weighted by atomic mass is 19.4. The van der Waals surface area contributed by atoms with Crippen molar-refractivity contribution in [2.45, 2.75) is 12.7 Å². The van der Waals surface area contributed by atoms with Gasteiger partial charge in [0.15, 0.2) is 0 Å². The molecule has 0 atom stereocenters. The molecule has 0 bridgehead atoms. The minimum atomic E-state index is -4.46. The largest absolute Gasteiger partial charge is 0.452 e. The van der Waals surface area contributed by atoms with Gasteiger partial charge in [0.1, 0.15) is 0 Å².